The Labute approximate surface area is 119 Å². The van der Waals surface area contributed by atoms with Crippen LogP contribution in [0, 0.1) is 17.6 Å². The molecule has 110 valence electrons. The summed E-state index contributed by atoms with van der Waals surface area (Å²) in [6.07, 6.45) is 1.81. The molecule has 1 aliphatic rings. The van der Waals surface area contributed by atoms with Gasteiger partial charge in [0.25, 0.3) is 0 Å². The summed E-state index contributed by atoms with van der Waals surface area (Å²) in [6.45, 7) is 1.75. The predicted molar refractivity (Wildman–Crippen MR) is 68.1 cm³/mol. The van der Waals surface area contributed by atoms with Gasteiger partial charge < -0.3 is 9.84 Å². The van der Waals surface area contributed by atoms with Crippen molar-refractivity contribution in [3.8, 4) is 0 Å². The lowest BCUT2D eigenvalue weighted by Gasteiger charge is -2.09. The van der Waals surface area contributed by atoms with Crippen LogP contribution in [0.4, 0.5) is 8.78 Å². The van der Waals surface area contributed by atoms with E-state index in [1.165, 1.54) is 12.5 Å². The molecular formula is C14H13F2N3O2. The molecule has 2 aromatic rings. The topological polar surface area (TPSA) is 68.0 Å². The van der Waals surface area contributed by atoms with Crippen molar-refractivity contribution in [3.05, 3.63) is 47.6 Å². The largest absolute Gasteiger partial charge is 0.346 e. The van der Waals surface area contributed by atoms with Gasteiger partial charge in [-0.1, -0.05) is 11.2 Å². The molecule has 0 spiro atoms. The van der Waals surface area contributed by atoms with E-state index in [0.717, 1.165) is 12.1 Å². The van der Waals surface area contributed by atoms with E-state index < -0.39 is 11.6 Å². The van der Waals surface area contributed by atoms with Crippen molar-refractivity contribution >= 4 is 5.91 Å². The number of rotatable bonds is 4. The second kappa shape index (κ2) is 5.23. The molecule has 0 bridgehead atoms. The number of hydrogen-bond donors (Lipinski definition) is 1. The minimum Gasteiger partial charge on any atom is -0.346 e. The Balaban J connectivity index is 1.62. The summed E-state index contributed by atoms with van der Waals surface area (Å²) in [7, 11) is 0. The first-order valence-electron chi connectivity index (χ1n) is 6.58. The molecule has 21 heavy (non-hydrogen) atoms. The Hall–Kier alpha value is -2.31. The zero-order valence-corrected chi connectivity index (χ0v) is 11.2. The van der Waals surface area contributed by atoms with Gasteiger partial charge in [-0.25, -0.2) is 8.78 Å². The molecule has 1 aliphatic carbocycles. The molecule has 1 aromatic heterocycles. The minimum absolute atomic E-state index is 0.0717. The maximum Gasteiger partial charge on any atom is 0.224 e. The zero-order chi connectivity index (χ0) is 15.0. The molecule has 3 atom stereocenters. The number of nitrogens with one attached hydrogen (secondary N) is 1. The van der Waals surface area contributed by atoms with Gasteiger partial charge in [0.1, 0.15) is 0 Å². The van der Waals surface area contributed by atoms with Crippen molar-refractivity contribution in [1.82, 2.24) is 15.5 Å². The second-order valence-electron chi connectivity index (χ2n) is 5.14. The molecule has 1 aromatic carbocycles. The average molecular weight is 293 g/mol. The Morgan fingerprint density at radius 3 is 2.90 bits per heavy atom. The van der Waals surface area contributed by atoms with Gasteiger partial charge in [-0.3, -0.25) is 4.79 Å². The third-order valence-corrected chi connectivity index (χ3v) is 3.62. The lowest BCUT2D eigenvalue weighted by molar-refractivity contribution is -0.123. The molecule has 0 saturated heterocycles. The van der Waals surface area contributed by atoms with Crippen LogP contribution in [0.15, 0.2) is 29.1 Å². The highest BCUT2D eigenvalue weighted by atomic mass is 19.2. The van der Waals surface area contributed by atoms with Crippen LogP contribution in [0.25, 0.3) is 0 Å². The average Bonchev–Trinajstić information content (AvgIpc) is 3.06. The highest BCUT2D eigenvalue weighted by Crippen LogP contribution is 2.47. The molecule has 5 nitrogen and oxygen atoms in total. The van der Waals surface area contributed by atoms with Gasteiger partial charge in [-0.2, -0.15) is 4.98 Å². The van der Waals surface area contributed by atoms with Crippen LogP contribution in [-0.4, -0.2) is 16.0 Å². The van der Waals surface area contributed by atoms with Crippen molar-refractivity contribution < 1.29 is 18.1 Å². The number of hydrogen-bond acceptors (Lipinski definition) is 4. The Morgan fingerprint density at radius 2 is 2.24 bits per heavy atom. The molecule has 1 N–H and O–H groups in total. The fraction of sp³-hybridized carbons (Fsp3) is 0.357. The normalized spacial score (nSPS) is 21.9. The van der Waals surface area contributed by atoms with E-state index in [0.29, 0.717) is 17.8 Å². The second-order valence-corrected chi connectivity index (χ2v) is 5.14. The molecular weight excluding hydrogens is 280 g/mol. The van der Waals surface area contributed by atoms with Crippen molar-refractivity contribution in [2.24, 2.45) is 5.92 Å². The minimum atomic E-state index is -0.890. The Bertz CT molecular complexity index is 660. The number of aromatic nitrogens is 2. The van der Waals surface area contributed by atoms with Gasteiger partial charge in [0.2, 0.25) is 12.3 Å². The predicted octanol–water partition coefficient (Wildman–Crippen LogP) is 2.33. The third kappa shape index (κ3) is 2.76. The lowest BCUT2D eigenvalue weighted by atomic mass is 10.1. The fourth-order valence-electron chi connectivity index (χ4n) is 2.35. The zero-order valence-electron chi connectivity index (χ0n) is 11.2. The summed E-state index contributed by atoms with van der Waals surface area (Å²) in [6, 6.07) is 3.39. The molecule has 0 radical (unpaired) electrons. The van der Waals surface area contributed by atoms with E-state index in [1.54, 1.807) is 6.92 Å². The highest BCUT2D eigenvalue weighted by Gasteiger charge is 2.44. The maximum atomic E-state index is 13.2. The van der Waals surface area contributed by atoms with E-state index in [4.69, 9.17) is 0 Å². The smallest absolute Gasteiger partial charge is 0.224 e. The van der Waals surface area contributed by atoms with Crippen molar-refractivity contribution in [2.75, 3.05) is 0 Å². The monoisotopic (exact) mass is 293 g/mol. The highest BCUT2D eigenvalue weighted by molar-refractivity contribution is 5.83. The standard InChI is InChI=1S/C14H13F2N3O2/c1-7(13-17-6-21-19-13)18-14(20)10-5-9(10)8-2-3-11(15)12(16)4-8/h2-4,6-7,9-10H,5H2,1H3,(H,18,20)/t7-,9+,10-/m0/s1. The van der Waals surface area contributed by atoms with Crippen LogP contribution in [-0.2, 0) is 4.79 Å². The molecule has 0 unspecified atom stereocenters. The number of halogens is 2. The van der Waals surface area contributed by atoms with Gasteiger partial charge in [0, 0.05) is 5.92 Å². The lowest BCUT2D eigenvalue weighted by Crippen LogP contribution is -2.29. The van der Waals surface area contributed by atoms with Crippen LogP contribution < -0.4 is 5.32 Å². The van der Waals surface area contributed by atoms with Gasteiger partial charge in [-0.05, 0) is 37.0 Å². The molecule has 1 saturated carbocycles. The van der Waals surface area contributed by atoms with Gasteiger partial charge in [0.05, 0.1) is 6.04 Å². The van der Waals surface area contributed by atoms with E-state index in [2.05, 4.69) is 20.0 Å². The number of benzene rings is 1. The molecule has 1 amide bonds. The summed E-state index contributed by atoms with van der Waals surface area (Å²) in [5.41, 5.74) is 0.640. The number of carbonyl (C=O) groups is 1. The fourth-order valence-corrected chi connectivity index (χ4v) is 2.35. The van der Waals surface area contributed by atoms with E-state index in [1.807, 2.05) is 0 Å². The van der Waals surface area contributed by atoms with Crippen LogP contribution in [0.1, 0.15) is 36.7 Å². The number of nitrogens with zero attached hydrogens (tertiary/aromatic N) is 2. The molecule has 1 fully saturated rings. The van der Waals surface area contributed by atoms with E-state index in [9.17, 15) is 13.6 Å². The van der Waals surface area contributed by atoms with Gasteiger partial charge >= 0.3 is 0 Å². The first kappa shape index (κ1) is 13.7. The van der Waals surface area contributed by atoms with Gasteiger partial charge in [-0.15, -0.1) is 0 Å². The molecule has 1 heterocycles. The van der Waals surface area contributed by atoms with Crippen LogP contribution in [0.2, 0.25) is 0 Å². The summed E-state index contributed by atoms with van der Waals surface area (Å²) in [5, 5.41) is 6.43. The van der Waals surface area contributed by atoms with Crippen molar-refractivity contribution in [2.45, 2.75) is 25.3 Å². The number of amides is 1. The third-order valence-electron chi connectivity index (χ3n) is 3.62. The van der Waals surface area contributed by atoms with Crippen LogP contribution >= 0.6 is 0 Å². The van der Waals surface area contributed by atoms with Crippen LogP contribution in [0.3, 0.4) is 0 Å². The van der Waals surface area contributed by atoms with E-state index in [-0.39, 0.29) is 23.8 Å². The first-order valence-corrected chi connectivity index (χ1v) is 6.58. The summed E-state index contributed by atoms with van der Waals surface area (Å²) < 4.78 is 30.7. The SMILES string of the molecule is C[C@H](NC(=O)[C@H]1C[C@@H]1c1ccc(F)c(F)c1)c1ncon1. The Morgan fingerprint density at radius 1 is 1.43 bits per heavy atom. The van der Waals surface area contributed by atoms with E-state index >= 15 is 0 Å². The summed E-state index contributed by atoms with van der Waals surface area (Å²) in [5.74, 6) is -1.83. The molecule has 0 aliphatic heterocycles. The Kier molecular flexibility index (Phi) is 3.40. The molecule has 3 rings (SSSR count). The van der Waals surface area contributed by atoms with Crippen molar-refractivity contribution in [1.29, 1.82) is 0 Å². The summed E-state index contributed by atoms with van der Waals surface area (Å²) in [4.78, 5) is 15.9. The van der Waals surface area contributed by atoms with Crippen LogP contribution in [0.5, 0.6) is 0 Å². The first-order chi connectivity index (χ1) is 10.1. The maximum absolute atomic E-state index is 13.2. The number of carbonyl (C=O) groups excluding carboxylic acids is 1. The van der Waals surface area contributed by atoms with Gasteiger partial charge in [0.15, 0.2) is 17.5 Å². The van der Waals surface area contributed by atoms with Crippen molar-refractivity contribution in [3.63, 3.8) is 0 Å². The summed E-state index contributed by atoms with van der Waals surface area (Å²) >= 11 is 0. The molecule has 7 heteroatoms. The quantitative estimate of drug-likeness (QED) is 0.939.